The number of rotatable bonds is 6. The second-order valence-corrected chi connectivity index (χ2v) is 6.04. The predicted molar refractivity (Wildman–Crippen MR) is 87.4 cm³/mol. The van der Waals surface area contributed by atoms with E-state index in [1.54, 1.807) is 29.2 Å². The van der Waals surface area contributed by atoms with Crippen LogP contribution in [0, 0.1) is 5.92 Å². The number of nitrogens with zero attached hydrogens (tertiary/aromatic N) is 1. The Bertz CT molecular complexity index is 496. The summed E-state index contributed by atoms with van der Waals surface area (Å²) >= 11 is 4.89. The van der Waals surface area contributed by atoms with E-state index in [0.29, 0.717) is 16.7 Å². The third-order valence-electron chi connectivity index (χ3n) is 3.93. The fourth-order valence-electron chi connectivity index (χ4n) is 2.65. The van der Waals surface area contributed by atoms with Crippen molar-refractivity contribution in [1.82, 2.24) is 4.90 Å². The van der Waals surface area contributed by atoms with E-state index >= 15 is 0 Å². The maximum Gasteiger partial charge on any atom is 0.260 e. The molecule has 0 aromatic heterocycles. The number of carbonyl (C=O) groups excluding carboxylic acids is 1. The van der Waals surface area contributed by atoms with Crippen molar-refractivity contribution in [3.63, 3.8) is 0 Å². The maximum atomic E-state index is 12.0. The second-order valence-electron chi connectivity index (χ2n) is 5.60. The van der Waals surface area contributed by atoms with Crippen LogP contribution in [0.4, 0.5) is 0 Å². The van der Waals surface area contributed by atoms with Gasteiger partial charge >= 0.3 is 0 Å². The van der Waals surface area contributed by atoms with Crippen molar-refractivity contribution < 1.29 is 9.53 Å². The molecule has 0 heterocycles. The fourth-order valence-corrected chi connectivity index (χ4v) is 2.79. The van der Waals surface area contributed by atoms with Crippen molar-refractivity contribution in [1.29, 1.82) is 0 Å². The first-order valence-electron chi connectivity index (χ1n) is 7.33. The summed E-state index contributed by atoms with van der Waals surface area (Å²) in [5, 5.41) is 0. The van der Waals surface area contributed by atoms with E-state index in [1.165, 1.54) is 25.7 Å². The van der Waals surface area contributed by atoms with E-state index in [2.05, 4.69) is 0 Å². The van der Waals surface area contributed by atoms with Gasteiger partial charge in [-0.05, 0) is 43.0 Å². The van der Waals surface area contributed by atoms with Crippen LogP contribution in [0.1, 0.15) is 31.2 Å². The summed E-state index contributed by atoms with van der Waals surface area (Å²) in [4.78, 5) is 14.2. The Labute approximate surface area is 131 Å². The molecular weight excluding hydrogens is 284 g/mol. The van der Waals surface area contributed by atoms with Crippen LogP contribution in [0.15, 0.2) is 24.3 Å². The van der Waals surface area contributed by atoms with Crippen LogP contribution >= 0.6 is 12.2 Å². The second kappa shape index (κ2) is 7.41. The topological polar surface area (TPSA) is 55.6 Å². The molecule has 1 aromatic rings. The highest BCUT2D eigenvalue weighted by molar-refractivity contribution is 7.80. The van der Waals surface area contributed by atoms with Gasteiger partial charge in [0.1, 0.15) is 10.7 Å². The van der Waals surface area contributed by atoms with Gasteiger partial charge in [-0.25, -0.2) is 0 Å². The standard InChI is InChI=1S/C16H22N2O2S/c1-18(10-12-4-2-3-5-12)15(19)11-20-14-8-6-13(7-9-14)16(17)21/h6-9,12H,2-5,10-11H2,1H3,(H2,17,21). The molecule has 1 aliphatic rings. The van der Waals surface area contributed by atoms with Gasteiger partial charge in [0.25, 0.3) is 5.91 Å². The van der Waals surface area contributed by atoms with Crippen LogP contribution in [0.2, 0.25) is 0 Å². The van der Waals surface area contributed by atoms with Crippen molar-refractivity contribution in [2.75, 3.05) is 20.2 Å². The Kier molecular flexibility index (Phi) is 5.56. The summed E-state index contributed by atoms with van der Waals surface area (Å²) in [5.41, 5.74) is 6.33. The number of amides is 1. The molecule has 1 amide bonds. The minimum atomic E-state index is 0.0142. The molecule has 1 fully saturated rings. The summed E-state index contributed by atoms with van der Waals surface area (Å²) in [5.74, 6) is 1.32. The van der Waals surface area contributed by atoms with Crippen molar-refractivity contribution in [3.05, 3.63) is 29.8 Å². The molecule has 0 aliphatic heterocycles. The van der Waals surface area contributed by atoms with Gasteiger partial charge in [0.2, 0.25) is 0 Å². The fraction of sp³-hybridized carbons (Fsp3) is 0.500. The molecule has 2 rings (SSSR count). The number of nitrogens with two attached hydrogens (primary N) is 1. The van der Waals surface area contributed by atoms with Crippen LogP contribution in [0.25, 0.3) is 0 Å². The Morgan fingerprint density at radius 1 is 1.33 bits per heavy atom. The summed E-state index contributed by atoms with van der Waals surface area (Å²) in [6.07, 6.45) is 5.05. The van der Waals surface area contributed by atoms with Gasteiger partial charge in [-0.1, -0.05) is 25.1 Å². The summed E-state index contributed by atoms with van der Waals surface area (Å²) in [6.45, 7) is 0.901. The van der Waals surface area contributed by atoms with Gasteiger partial charge in [-0.3, -0.25) is 4.79 Å². The lowest BCUT2D eigenvalue weighted by molar-refractivity contribution is -0.132. The molecular formula is C16H22N2O2S. The Balaban J connectivity index is 1.78. The van der Waals surface area contributed by atoms with Crippen LogP contribution in [-0.4, -0.2) is 36.0 Å². The number of carbonyl (C=O) groups is 1. The molecule has 4 nitrogen and oxygen atoms in total. The lowest BCUT2D eigenvalue weighted by Crippen LogP contribution is -2.34. The van der Waals surface area contributed by atoms with E-state index in [4.69, 9.17) is 22.7 Å². The zero-order valence-corrected chi connectivity index (χ0v) is 13.2. The van der Waals surface area contributed by atoms with Gasteiger partial charge in [0.15, 0.2) is 6.61 Å². The number of hydrogen-bond acceptors (Lipinski definition) is 3. The minimum absolute atomic E-state index is 0.0142. The molecule has 0 bridgehead atoms. The van der Waals surface area contributed by atoms with Crippen molar-refractivity contribution in [2.45, 2.75) is 25.7 Å². The summed E-state index contributed by atoms with van der Waals surface area (Å²) in [7, 11) is 1.85. The zero-order valence-electron chi connectivity index (χ0n) is 12.4. The molecule has 21 heavy (non-hydrogen) atoms. The normalized spacial score (nSPS) is 14.9. The molecule has 0 spiro atoms. The summed E-state index contributed by atoms with van der Waals surface area (Å²) < 4.78 is 5.51. The maximum absolute atomic E-state index is 12.0. The van der Waals surface area contributed by atoms with Crippen molar-refractivity contribution in [3.8, 4) is 5.75 Å². The number of likely N-dealkylation sites (N-methyl/N-ethyl adjacent to an activating group) is 1. The van der Waals surface area contributed by atoms with Gasteiger partial charge in [-0.15, -0.1) is 0 Å². The molecule has 114 valence electrons. The first-order valence-corrected chi connectivity index (χ1v) is 7.73. The number of hydrogen-bond donors (Lipinski definition) is 1. The van der Waals surface area contributed by atoms with E-state index in [-0.39, 0.29) is 12.5 Å². The van der Waals surface area contributed by atoms with Gasteiger partial charge < -0.3 is 15.4 Å². The molecule has 1 aliphatic carbocycles. The Hall–Kier alpha value is -1.62. The van der Waals surface area contributed by atoms with E-state index in [1.807, 2.05) is 7.05 Å². The quantitative estimate of drug-likeness (QED) is 0.820. The molecule has 1 aromatic carbocycles. The SMILES string of the molecule is CN(CC1CCCC1)C(=O)COc1ccc(C(N)=S)cc1. The van der Waals surface area contributed by atoms with E-state index in [9.17, 15) is 4.79 Å². The van der Waals surface area contributed by atoms with Crippen LogP contribution < -0.4 is 10.5 Å². The molecule has 5 heteroatoms. The van der Waals surface area contributed by atoms with Crippen molar-refractivity contribution in [2.24, 2.45) is 11.7 Å². The molecule has 0 unspecified atom stereocenters. The average molecular weight is 306 g/mol. The number of thiocarbonyl (C=S) groups is 1. The highest BCUT2D eigenvalue weighted by Crippen LogP contribution is 2.25. The smallest absolute Gasteiger partial charge is 0.260 e. The van der Waals surface area contributed by atoms with Crippen molar-refractivity contribution >= 4 is 23.1 Å². The molecule has 0 saturated heterocycles. The zero-order chi connectivity index (χ0) is 15.2. The summed E-state index contributed by atoms with van der Waals surface area (Å²) in [6, 6.07) is 7.15. The molecule has 0 radical (unpaired) electrons. The lowest BCUT2D eigenvalue weighted by atomic mass is 10.1. The first-order chi connectivity index (χ1) is 10.1. The number of ether oxygens (including phenoxy) is 1. The first kappa shape index (κ1) is 15.8. The molecule has 0 atom stereocenters. The van der Waals surface area contributed by atoms with Crippen LogP contribution in [-0.2, 0) is 4.79 Å². The van der Waals surface area contributed by atoms with Gasteiger partial charge in [0, 0.05) is 19.2 Å². The highest BCUT2D eigenvalue weighted by atomic mass is 32.1. The Morgan fingerprint density at radius 2 is 1.95 bits per heavy atom. The number of benzene rings is 1. The third kappa shape index (κ3) is 4.70. The largest absolute Gasteiger partial charge is 0.484 e. The van der Waals surface area contributed by atoms with Gasteiger partial charge in [0.05, 0.1) is 0 Å². The third-order valence-corrected chi connectivity index (χ3v) is 4.17. The van der Waals surface area contributed by atoms with Crippen LogP contribution in [0.3, 0.4) is 0 Å². The highest BCUT2D eigenvalue weighted by Gasteiger charge is 2.19. The van der Waals surface area contributed by atoms with E-state index < -0.39 is 0 Å². The lowest BCUT2D eigenvalue weighted by Gasteiger charge is -2.21. The monoisotopic (exact) mass is 306 g/mol. The Morgan fingerprint density at radius 3 is 2.52 bits per heavy atom. The molecule has 1 saturated carbocycles. The predicted octanol–water partition coefficient (Wildman–Crippen LogP) is 2.35. The van der Waals surface area contributed by atoms with E-state index in [0.717, 1.165) is 12.1 Å². The van der Waals surface area contributed by atoms with Crippen LogP contribution in [0.5, 0.6) is 5.75 Å². The van der Waals surface area contributed by atoms with Gasteiger partial charge in [-0.2, -0.15) is 0 Å². The molecule has 2 N–H and O–H groups in total. The average Bonchev–Trinajstić information content (AvgIpc) is 2.98. The minimum Gasteiger partial charge on any atom is -0.484 e.